The van der Waals surface area contributed by atoms with E-state index in [1.54, 1.807) is 0 Å². The Kier molecular flexibility index (Phi) is 5.99. The van der Waals surface area contributed by atoms with Gasteiger partial charge in [0.2, 0.25) is 0 Å². The van der Waals surface area contributed by atoms with Crippen LogP contribution in [-0.4, -0.2) is 28.7 Å². The Balaban J connectivity index is 4.37. The van der Waals surface area contributed by atoms with Crippen molar-refractivity contribution >= 4 is 12.0 Å². The SMILES string of the molecule is CCC(C)(C)NC(=O)N[C@H](CC(C)C)C(=O)O. The van der Waals surface area contributed by atoms with Crippen molar-refractivity contribution in [1.29, 1.82) is 0 Å². The number of hydrogen-bond donors (Lipinski definition) is 3. The molecule has 2 amide bonds. The fourth-order valence-electron chi connectivity index (χ4n) is 1.28. The zero-order valence-corrected chi connectivity index (χ0v) is 11.3. The van der Waals surface area contributed by atoms with Gasteiger partial charge in [-0.05, 0) is 32.6 Å². The van der Waals surface area contributed by atoms with E-state index in [0.29, 0.717) is 6.42 Å². The fourth-order valence-corrected chi connectivity index (χ4v) is 1.28. The van der Waals surface area contributed by atoms with Crippen LogP contribution in [0.25, 0.3) is 0 Å². The van der Waals surface area contributed by atoms with Gasteiger partial charge in [0.05, 0.1) is 0 Å². The third kappa shape index (κ3) is 6.81. The summed E-state index contributed by atoms with van der Waals surface area (Å²) in [4.78, 5) is 22.6. The van der Waals surface area contributed by atoms with Crippen LogP contribution in [0.2, 0.25) is 0 Å². The average Bonchev–Trinajstić information content (AvgIpc) is 2.15. The molecule has 0 aliphatic heterocycles. The Morgan fingerprint density at radius 3 is 2.18 bits per heavy atom. The predicted molar refractivity (Wildman–Crippen MR) is 66.9 cm³/mol. The molecule has 0 aromatic rings. The van der Waals surface area contributed by atoms with Crippen molar-refractivity contribution < 1.29 is 14.7 Å². The van der Waals surface area contributed by atoms with Gasteiger partial charge in [0, 0.05) is 5.54 Å². The van der Waals surface area contributed by atoms with E-state index in [1.165, 1.54) is 0 Å². The number of rotatable bonds is 6. The maximum absolute atomic E-state index is 11.6. The lowest BCUT2D eigenvalue weighted by Crippen LogP contribution is -2.52. The molecule has 5 nitrogen and oxygen atoms in total. The molecule has 0 aliphatic carbocycles. The molecule has 0 aliphatic rings. The van der Waals surface area contributed by atoms with Crippen molar-refractivity contribution in [1.82, 2.24) is 10.6 Å². The molecule has 0 bridgehead atoms. The van der Waals surface area contributed by atoms with Gasteiger partial charge in [0.25, 0.3) is 0 Å². The predicted octanol–water partition coefficient (Wildman–Crippen LogP) is 1.97. The highest BCUT2D eigenvalue weighted by atomic mass is 16.4. The smallest absolute Gasteiger partial charge is 0.326 e. The number of hydrogen-bond acceptors (Lipinski definition) is 2. The van der Waals surface area contributed by atoms with Gasteiger partial charge < -0.3 is 15.7 Å². The summed E-state index contributed by atoms with van der Waals surface area (Å²) in [6.45, 7) is 9.59. The number of carboxylic acid groups (broad SMARTS) is 1. The minimum atomic E-state index is -0.997. The van der Waals surface area contributed by atoms with Gasteiger partial charge in [-0.1, -0.05) is 20.8 Å². The molecule has 0 radical (unpaired) electrons. The lowest BCUT2D eigenvalue weighted by Gasteiger charge is -2.26. The average molecular weight is 244 g/mol. The molecule has 5 heteroatoms. The van der Waals surface area contributed by atoms with Crippen molar-refractivity contribution in [2.45, 2.75) is 59.0 Å². The summed E-state index contributed by atoms with van der Waals surface area (Å²) in [5, 5.41) is 14.2. The van der Waals surface area contributed by atoms with Crippen LogP contribution < -0.4 is 10.6 Å². The molecule has 0 spiro atoms. The number of nitrogens with one attached hydrogen (secondary N) is 2. The number of urea groups is 1. The molecule has 0 saturated carbocycles. The first-order chi connectivity index (χ1) is 7.68. The molecule has 100 valence electrons. The Morgan fingerprint density at radius 1 is 1.29 bits per heavy atom. The molecule has 0 saturated heterocycles. The van der Waals surface area contributed by atoms with E-state index in [-0.39, 0.29) is 11.5 Å². The van der Waals surface area contributed by atoms with E-state index in [4.69, 9.17) is 5.11 Å². The molecule has 0 heterocycles. The normalized spacial score (nSPS) is 13.3. The van der Waals surface area contributed by atoms with Gasteiger partial charge in [0.15, 0.2) is 0 Å². The Morgan fingerprint density at radius 2 is 1.82 bits per heavy atom. The standard InChI is InChI=1S/C12H24N2O3/c1-6-12(4,5)14-11(17)13-9(10(15)16)7-8(2)3/h8-9H,6-7H2,1-5H3,(H,15,16)(H2,13,14,17)/t9-/m1/s1. The summed E-state index contributed by atoms with van der Waals surface area (Å²) in [6.07, 6.45) is 1.21. The third-order valence-corrected chi connectivity index (χ3v) is 2.65. The van der Waals surface area contributed by atoms with Crippen molar-refractivity contribution in [3.8, 4) is 0 Å². The van der Waals surface area contributed by atoms with Crippen LogP contribution in [0.3, 0.4) is 0 Å². The monoisotopic (exact) mass is 244 g/mol. The topological polar surface area (TPSA) is 78.4 Å². The van der Waals surface area contributed by atoms with E-state index in [1.807, 2.05) is 34.6 Å². The highest BCUT2D eigenvalue weighted by Gasteiger charge is 2.24. The summed E-state index contributed by atoms with van der Waals surface area (Å²) < 4.78 is 0. The molecule has 0 fully saturated rings. The quantitative estimate of drug-likeness (QED) is 0.668. The van der Waals surface area contributed by atoms with E-state index < -0.39 is 18.0 Å². The first kappa shape index (κ1) is 15.7. The van der Waals surface area contributed by atoms with Crippen molar-refractivity contribution in [3.05, 3.63) is 0 Å². The first-order valence-electron chi connectivity index (χ1n) is 5.99. The largest absolute Gasteiger partial charge is 0.480 e. The Labute approximate surface area is 103 Å². The van der Waals surface area contributed by atoms with Crippen LogP contribution in [0.1, 0.15) is 47.5 Å². The second-order valence-electron chi connectivity index (χ2n) is 5.36. The highest BCUT2D eigenvalue weighted by molar-refractivity contribution is 5.82. The summed E-state index contributed by atoms with van der Waals surface area (Å²) >= 11 is 0. The maximum atomic E-state index is 11.6. The summed E-state index contributed by atoms with van der Waals surface area (Å²) in [5.74, 6) is -0.779. The summed E-state index contributed by atoms with van der Waals surface area (Å²) in [6, 6.07) is -1.26. The van der Waals surface area contributed by atoms with Crippen molar-refractivity contribution in [3.63, 3.8) is 0 Å². The van der Waals surface area contributed by atoms with Crippen LogP contribution in [0.4, 0.5) is 4.79 Å². The van der Waals surface area contributed by atoms with Gasteiger partial charge in [0.1, 0.15) is 6.04 Å². The second kappa shape index (κ2) is 6.47. The molecule has 0 rings (SSSR count). The lowest BCUT2D eigenvalue weighted by atomic mass is 10.0. The van der Waals surface area contributed by atoms with Crippen LogP contribution >= 0.6 is 0 Å². The van der Waals surface area contributed by atoms with E-state index in [2.05, 4.69) is 10.6 Å². The van der Waals surface area contributed by atoms with Crippen LogP contribution in [0.15, 0.2) is 0 Å². The van der Waals surface area contributed by atoms with Gasteiger partial charge in [-0.15, -0.1) is 0 Å². The second-order valence-corrected chi connectivity index (χ2v) is 5.36. The zero-order valence-electron chi connectivity index (χ0n) is 11.3. The van der Waals surface area contributed by atoms with Crippen LogP contribution in [0.5, 0.6) is 0 Å². The number of carbonyl (C=O) groups excluding carboxylic acids is 1. The molecule has 0 aromatic carbocycles. The first-order valence-corrected chi connectivity index (χ1v) is 5.99. The molecule has 0 unspecified atom stereocenters. The Hall–Kier alpha value is -1.26. The maximum Gasteiger partial charge on any atom is 0.326 e. The zero-order chi connectivity index (χ0) is 13.6. The van der Waals surface area contributed by atoms with E-state index in [0.717, 1.165) is 6.42 Å². The fraction of sp³-hybridized carbons (Fsp3) is 0.833. The molecule has 0 aromatic heterocycles. The molecule has 3 N–H and O–H groups in total. The van der Waals surface area contributed by atoms with Crippen LogP contribution in [0, 0.1) is 5.92 Å². The van der Waals surface area contributed by atoms with Gasteiger partial charge in [-0.3, -0.25) is 0 Å². The Bertz CT molecular complexity index is 275. The van der Waals surface area contributed by atoms with Crippen LogP contribution in [-0.2, 0) is 4.79 Å². The van der Waals surface area contributed by atoms with Gasteiger partial charge >= 0.3 is 12.0 Å². The van der Waals surface area contributed by atoms with E-state index in [9.17, 15) is 9.59 Å². The third-order valence-electron chi connectivity index (χ3n) is 2.65. The highest BCUT2D eigenvalue weighted by Crippen LogP contribution is 2.08. The lowest BCUT2D eigenvalue weighted by molar-refractivity contribution is -0.139. The van der Waals surface area contributed by atoms with Gasteiger partial charge in [-0.25, -0.2) is 9.59 Å². The minimum absolute atomic E-state index is 0.218. The molecular weight excluding hydrogens is 220 g/mol. The van der Waals surface area contributed by atoms with Gasteiger partial charge in [-0.2, -0.15) is 0 Å². The number of aliphatic carboxylic acids is 1. The molecular formula is C12H24N2O3. The molecule has 17 heavy (non-hydrogen) atoms. The number of carboxylic acids is 1. The minimum Gasteiger partial charge on any atom is -0.480 e. The van der Waals surface area contributed by atoms with Crippen molar-refractivity contribution in [2.24, 2.45) is 5.92 Å². The van der Waals surface area contributed by atoms with Crippen molar-refractivity contribution in [2.75, 3.05) is 0 Å². The van der Waals surface area contributed by atoms with E-state index >= 15 is 0 Å². The molecule has 1 atom stereocenters. The number of carbonyl (C=O) groups is 2. The summed E-state index contributed by atoms with van der Waals surface area (Å²) in [7, 11) is 0. The number of amides is 2. The summed E-state index contributed by atoms with van der Waals surface area (Å²) in [5.41, 5.74) is -0.328.